The van der Waals surface area contributed by atoms with Crippen LogP contribution in [0.5, 0.6) is 0 Å². The van der Waals surface area contributed by atoms with Crippen molar-refractivity contribution in [1.29, 1.82) is 0 Å². The van der Waals surface area contributed by atoms with Crippen LogP contribution in [-0.4, -0.2) is 16.1 Å². The van der Waals surface area contributed by atoms with E-state index in [2.05, 4.69) is 71.5 Å². The van der Waals surface area contributed by atoms with Crippen molar-refractivity contribution in [3.63, 3.8) is 0 Å². The Morgan fingerprint density at radius 1 is 0.848 bits per heavy atom. The summed E-state index contributed by atoms with van der Waals surface area (Å²) in [4.78, 5) is 8.89. The zero-order valence-electron chi connectivity index (χ0n) is 18.3. The molecule has 2 aromatic carbocycles. The Bertz CT molecular complexity index is 1340. The van der Waals surface area contributed by atoms with Crippen LogP contribution in [0.4, 0.5) is 0 Å². The van der Waals surface area contributed by atoms with Gasteiger partial charge in [-0.15, -0.1) is 0 Å². The van der Waals surface area contributed by atoms with E-state index in [0.717, 1.165) is 40.3 Å². The van der Waals surface area contributed by atoms with Crippen LogP contribution in [0.25, 0.3) is 28.1 Å². The highest BCUT2D eigenvalue weighted by molar-refractivity contribution is 6.28. The SMILES string of the molecule is CC1CC=C(c2ccc(-c3cc(-c4ccccc4)nc(Cl)n3)cc2)C2=C1C1C=CC=CC1O2. The third-order valence-corrected chi connectivity index (χ3v) is 6.84. The van der Waals surface area contributed by atoms with Gasteiger partial charge >= 0.3 is 0 Å². The fourth-order valence-electron chi connectivity index (χ4n) is 5.01. The third kappa shape index (κ3) is 3.63. The minimum atomic E-state index is 0.114. The van der Waals surface area contributed by atoms with Crippen molar-refractivity contribution in [3.05, 3.63) is 113 Å². The fourth-order valence-corrected chi connectivity index (χ4v) is 5.20. The van der Waals surface area contributed by atoms with Crippen LogP contribution < -0.4 is 0 Å². The lowest BCUT2D eigenvalue weighted by atomic mass is 9.78. The Morgan fingerprint density at radius 2 is 1.52 bits per heavy atom. The molecule has 0 radical (unpaired) electrons. The molecule has 6 rings (SSSR count). The minimum Gasteiger partial charge on any atom is -0.485 e. The lowest BCUT2D eigenvalue weighted by Crippen LogP contribution is -2.18. The van der Waals surface area contributed by atoms with E-state index >= 15 is 0 Å². The van der Waals surface area contributed by atoms with Gasteiger partial charge in [-0.3, -0.25) is 0 Å². The average molecular weight is 451 g/mol. The van der Waals surface area contributed by atoms with Crippen LogP contribution in [0.2, 0.25) is 5.28 Å². The largest absolute Gasteiger partial charge is 0.485 e. The summed E-state index contributed by atoms with van der Waals surface area (Å²) in [7, 11) is 0. The van der Waals surface area contributed by atoms with Crippen LogP contribution in [0.3, 0.4) is 0 Å². The molecule has 2 aliphatic carbocycles. The van der Waals surface area contributed by atoms with E-state index in [-0.39, 0.29) is 11.4 Å². The van der Waals surface area contributed by atoms with Gasteiger partial charge in [0, 0.05) is 22.6 Å². The van der Waals surface area contributed by atoms with Gasteiger partial charge in [-0.1, -0.05) is 85.8 Å². The van der Waals surface area contributed by atoms with E-state index in [1.807, 2.05) is 36.4 Å². The summed E-state index contributed by atoms with van der Waals surface area (Å²) >= 11 is 6.27. The number of hydrogen-bond acceptors (Lipinski definition) is 3. The lowest BCUT2D eigenvalue weighted by molar-refractivity contribution is 0.176. The molecule has 1 aromatic heterocycles. The topological polar surface area (TPSA) is 35.0 Å². The maximum atomic E-state index is 6.44. The molecule has 1 aliphatic heterocycles. The Kier molecular flexibility index (Phi) is 5.00. The van der Waals surface area contributed by atoms with Gasteiger partial charge in [0.05, 0.1) is 11.4 Å². The standard InChI is InChI=1S/C29H23ClN2O/c1-18-11-16-22(28-27(18)23-9-5-6-10-26(23)33-28)19-12-14-21(15-13-19)25-17-24(31-29(30)32-25)20-7-3-2-4-8-20/h2-10,12-18,23,26H,11H2,1H3. The van der Waals surface area contributed by atoms with E-state index in [4.69, 9.17) is 16.3 Å². The molecule has 0 amide bonds. The van der Waals surface area contributed by atoms with Gasteiger partial charge in [-0.05, 0) is 47.2 Å². The van der Waals surface area contributed by atoms with E-state index in [9.17, 15) is 0 Å². The predicted octanol–water partition coefficient (Wildman–Crippen LogP) is 7.28. The number of rotatable bonds is 3. The summed E-state index contributed by atoms with van der Waals surface area (Å²) in [6.45, 7) is 2.30. The quantitative estimate of drug-likeness (QED) is 0.393. The minimum absolute atomic E-state index is 0.114. The molecule has 3 atom stereocenters. The van der Waals surface area contributed by atoms with Crippen molar-refractivity contribution in [2.24, 2.45) is 11.8 Å². The highest BCUT2D eigenvalue weighted by Crippen LogP contribution is 2.48. The Hall–Kier alpha value is -3.43. The van der Waals surface area contributed by atoms with Crippen molar-refractivity contribution >= 4 is 17.2 Å². The maximum absolute atomic E-state index is 6.44. The van der Waals surface area contributed by atoms with Crippen LogP contribution in [-0.2, 0) is 4.74 Å². The smallest absolute Gasteiger partial charge is 0.223 e. The zero-order chi connectivity index (χ0) is 22.4. The molecule has 0 fully saturated rings. The van der Waals surface area contributed by atoms with Gasteiger partial charge in [0.2, 0.25) is 5.28 Å². The number of benzene rings is 2. The first-order chi connectivity index (χ1) is 16.2. The van der Waals surface area contributed by atoms with Gasteiger partial charge in [0.25, 0.3) is 0 Å². The van der Waals surface area contributed by atoms with Crippen molar-refractivity contribution in [3.8, 4) is 22.5 Å². The summed E-state index contributed by atoms with van der Waals surface area (Å²) in [6, 6.07) is 20.5. The Morgan fingerprint density at radius 3 is 2.27 bits per heavy atom. The van der Waals surface area contributed by atoms with E-state index in [1.165, 1.54) is 11.1 Å². The van der Waals surface area contributed by atoms with Gasteiger partial charge in [0.15, 0.2) is 0 Å². The highest BCUT2D eigenvalue weighted by atomic mass is 35.5. The van der Waals surface area contributed by atoms with Crippen LogP contribution in [0, 0.1) is 11.8 Å². The van der Waals surface area contributed by atoms with Crippen LogP contribution >= 0.6 is 11.6 Å². The second-order valence-electron chi connectivity index (χ2n) is 8.77. The summed E-state index contributed by atoms with van der Waals surface area (Å²) in [5, 5.41) is 0.247. The number of allylic oxidation sites excluding steroid dienone is 4. The third-order valence-electron chi connectivity index (χ3n) is 6.67. The van der Waals surface area contributed by atoms with Gasteiger partial charge in [0.1, 0.15) is 11.9 Å². The second-order valence-corrected chi connectivity index (χ2v) is 9.11. The molecule has 2 heterocycles. The highest BCUT2D eigenvalue weighted by Gasteiger charge is 2.39. The molecule has 162 valence electrons. The van der Waals surface area contributed by atoms with Gasteiger partial charge in [-0.2, -0.15) is 0 Å². The molecular weight excluding hydrogens is 428 g/mol. The average Bonchev–Trinajstić information content (AvgIpc) is 3.25. The number of nitrogens with zero attached hydrogens (tertiary/aromatic N) is 2. The summed E-state index contributed by atoms with van der Waals surface area (Å²) in [5.74, 6) is 1.90. The van der Waals surface area contributed by atoms with Crippen molar-refractivity contribution in [2.75, 3.05) is 0 Å². The second kappa shape index (κ2) is 8.17. The molecule has 4 heteroatoms. The summed E-state index contributed by atoms with van der Waals surface area (Å²) in [5.41, 5.74) is 7.43. The number of halogens is 1. The molecule has 3 aromatic rings. The first-order valence-electron chi connectivity index (χ1n) is 11.3. The van der Waals surface area contributed by atoms with E-state index in [0.29, 0.717) is 11.8 Å². The van der Waals surface area contributed by atoms with Gasteiger partial charge in [-0.25, -0.2) is 9.97 Å². The molecule has 3 aliphatic rings. The number of ether oxygens (including phenoxy) is 1. The normalized spacial score (nSPS) is 23.1. The van der Waals surface area contributed by atoms with Crippen LogP contribution in [0.1, 0.15) is 18.9 Å². The number of fused-ring (bicyclic) bond motifs is 2. The Balaban J connectivity index is 1.33. The molecule has 0 bridgehead atoms. The van der Waals surface area contributed by atoms with E-state index in [1.54, 1.807) is 0 Å². The fraction of sp³-hybridized carbons (Fsp3) is 0.172. The predicted molar refractivity (Wildman–Crippen MR) is 133 cm³/mol. The monoisotopic (exact) mass is 450 g/mol. The molecule has 3 unspecified atom stereocenters. The molecular formula is C29H23ClN2O. The number of aromatic nitrogens is 2. The molecule has 33 heavy (non-hydrogen) atoms. The zero-order valence-corrected chi connectivity index (χ0v) is 19.0. The molecule has 0 N–H and O–H groups in total. The van der Waals surface area contributed by atoms with E-state index < -0.39 is 0 Å². The van der Waals surface area contributed by atoms with Crippen molar-refractivity contribution in [1.82, 2.24) is 9.97 Å². The lowest BCUT2D eigenvalue weighted by Gasteiger charge is -2.23. The molecule has 0 spiro atoms. The molecule has 3 nitrogen and oxygen atoms in total. The first kappa shape index (κ1) is 20.2. The summed E-state index contributed by atoms with van der Waals surface area (Å²) < 4.78 is 6.44. The van der Waals surface area contributed by atoms with Crippen molar-refractivity contribution < 1.29 is 4.74 Å². The van der Waals surface area contributed by atoms with Gasteiger partial charge < -0.3 is 4.74 Å². The molecule has 0 saturated carbocycles. The first-order valence-corrected chi connectivity index (χ1v) is 11.7. The summed E-state index contributed by atoms with van der Waals surface area (Å²) in [6.07, 6.45) is 12.1. The number of hydrogen-bond donors (Lipinski definition) is 0. The molecule has 0 saturated heterocycles. The maximum Gasteiger partial charge on any atom is 0.223 e. The van der Waals surface area contributed by atoms with Crippen LogP contribution in [0.15, 0.2) is 102 Å². The Labute approximate surface area is 198 Å². The van der Waals surface area contributed by atoms with Crippen molar-refractivity contribution in [2.45, 2.75) is 19.4 Å².